The Balaban J connectivity index is 2.07. The molecule has 5 heteroatoms. The van der Waals surface area contributed by atoms with Crippen molar-refractivity contribution in [2.24, 2.45) is 0 Å². The van der Waals surface area contributed by atoms with E-state index in [1.54, 1.807) is 0 Å². The Morgan fingerprint density at radius 1 is 1.43 bits per heavy atom. The van der Waals surface area contributed by atoms with Crippen molar-refractivity contribution < 1.29 is 0 Å². The van der Waals surface area contributed by atoms with E-state index in [4.69, 9.17) is 0 Å². The molecular weight excluding hydrogens is 330 g/mol. The van der Waals surface area contributed by atoms with E-state index in [-0.39, 0.29) is 5.56 Å². The lowest BCUT2D eigenvalue weighted by Crippen LogP contribution is -2.14. The number of nitrogens with zero attached hydrogens (tertiary/aromatic N) is 2. The minimum atomic E-state index is -0.110. The quantitative estimate of drug-likeness (QED) is 0.927. The third-order valence-electron chi connectivity index (χ3n) is 3.90. The van der Waals surface area contributed by atoms with Gasteiger partial charge in [-0.2, -0.15) is 0 Å². The smallest absolute Gasteiger partial charge is 0.265 e. The lowest BCUT2D eigenvalue weighted by Gasteiger charge is -2.12. The van der Waals surface area contributed by atoms with Gasteiger partial charge in [-0.1, -0.05) is 13.3 Å². The van der Waals surface area contributed by atoms with Gasteiger partial charge in [-0.05, 0) is 52.5 Å². The van der Waals surface area contributed by atoms with E-state index in [1.165, 1.54) is 11.3 Å². The first kappa shape index (κ1) is 14.3. The second kappa shape index (κ2) is 5.64. The van der Waals surface area contributed by atoms with Crippen LogP contribution in [0.25, 0.3) is 11.4 Å². The van der Waals surface area contributed by atoms with Gasteiger partial charge < -0.3 is 9.88 Å². The van der Waals surface area contributed by atoms with Gasteiger partial charge in [0.15, 0.2) is 0 Å². The molecule has 1 aliphatic heterocycles. The van der Waals surface area contributed by atoms with Crippen molar-refractivity contribution in [3.8, 4) is 11.4 Å². The maximum Gasteiger partial charge on any atom is 0.265 e. The molecule has 21 heavy (non-hydrogen) atoms. The maximum absolute atomic E-state index is 12.0. The van der Waals surface area contributed by atoms with E-state index in [2.05, 4.69) is 56.9 Å². The van der Waals surface area contributed by atoms with Gasteiger partial charge in [0.1, 0.15) is 10.3 Å². The van der Waals surface area contributed by atoms with Gasteiger partial charge in [0.2, 0.25) is 0 Å². The molecule has 0 saturated carbocycles. The topological polar surface area (TPSA) is 49.0 Å². The standard InChI is InChI=1S/C16H18BrN3O/c1-3-4-12-14(17)16(21)19-15(18-12)11-5-6-13-10(9-11)7-8-20(13)2/h5-6,9H,3-4,7-8H2,1-2H3,(H,18,19,21). The summed E-state index contributed by atoms with van der Waals surface area (Å²) in [6.07, 6.45) is 2.80. The molecule has 0 unspecified atom stereocenters. The summed E-state index contributed by atoms with van der Waals surface area (Å²) < 4.78 is 0.550. The van der Waals surface area contributed by atoms with Crippen LogP contribution >= 0.6 is 15.9 Å². The van der Waals surface area contributed by atoms with Crippen LogP contribution < -0.4 is 10.5 Å². The third-order valence-corrected chi connectivity index (χ3v) is 4.72. The number of hydrogen-bond acceptors (Lipinski definition) is 3. The number of benzene rings is 1. The normalized spacial score (nSPS) is 13.6. The second-order valence-corrected chi connectivity index (χ2v) is 6.23. The molecule has 1 N–H and O–H groups in total. The van der Waals surface area contributed by atoms with E-state index in [9.17, 15) is 4.79 Å². The Morgan fingerprint density at radius 2 is 2.24 bits per heavy atom. The number of nitrogens with one attached hydrogen (secondary N) is 1. The third kappa shape index (κ3) is 2.62. The van der Waals surface area contributed by atoms with Crippen molar-refractivity contribution in [1.29, 1.82) is 0 Å². The highest BCUT2D eigenvalue weighted by molar-refractivity contribution is 9.10. The zero-order valence-corrected chi connectivity index (χ0v) is 13.8. The SMILES string of the molecule is CCCc1nc(-c2ccc3c(c2)CCN3C)[nH]c(=O)c1Br. The van der Waals surface area contributed by atoms with Crippen molar-refractivity contribution in [3.05, 3.63) is 44.3 Å². The summed E-state index contributed by atoms with van der Waals surface area (Å²) in [6.45, 7) is 3.13. The fourth-order valence-corrected chi connectivity index (χ4v) is 3.14. The van der Waals surface area contributed by atoms with E-state index in [0.29, 0.717) is 10.3 Å². The zero-order valence-electron chi connectivity index (χ0n) is 12.2. The molecule has 0 saturated heterocycles. The summed E-state index contributed by atoms with van der Waals surface area (Å²) in [5, 5.41) is 0. The van der Waals surface area contributed by atoms with Crippen molar-refractivity contribution >= 4 is 21.6 Å². The van der Waals surface area contributed by atoms with Gasteiger partial charge in [0.25, 0.3) is 5.56 Å². The highest BCUT2D eigenvalue weighted by Crippen LogP contribution is 2.30. The summed E-state index contributed by atoms with van der Waals surface area (Å²) in [6, 6.07) is 6.28. The summed E-state index contributed by atoms with van der Waals surface area (Å²) in [5.74, 6) is 0.656. The lowest BCUT2D eigenvalue weighted by atomic mass is 10.1. The van der Waals surface area contributed by atoms with Crippen LogP contribution in [0.5, 0.6) is 0 Å². The van der Waals surface area contributed by atoms with Crippen LogP contribution in [0.1, 0.15) is 24.6 Å². The van der Waals surface area contributed by atoms with Gasteiger partial charge >= 0.3 is 0 Å². The highest BCUT2D eigenvalue weighted by Gasteiger charge is 2.17. The van der Waals surface area contributed by atoms with Gasteiger partial charge in [-0.25, -0.2) is 4.98 Å². The monoisotopic (exact) mass is 347 g/mol. The van der Waals surface area contributed by atoms with E-state index in [0.717, 1.165) is 37.1 Å². The zero-order chi connectivity index (χ0) is 15.0. The minimum Gasteiger partial charge on any atom is -0.374 e. The Labute approximate surface area is 132 Å². The van der Waals surface area contributed by atoms with Crippen molar-refractivity contribution in [2.75, 3.05) is 18.5 Å². The van der Waals surface area contributed by atoms with Gasteiger partial charge in [-0.15, -0.1) is 0 Å². The fourth-order valence-electron chi connectivity index (χ4n) is 2.76. The number of H-pyrrole nitrogens is 1. The number of likely N-dealkylation sites (N-methyl/N-ethyl adjacent to an activating group) is 1. The average molecular weight is 348 g/mol. The maximum atomic E-state index is 12.0. The Kier molecular flexibility index (Phi) is 3.85. The summed E-state index contributed by atoms with van der Waals surface area (Å²) in [7, 11) is 2.10. The van der Waals surface area contributed by atoms with Crippen molar-refractivity contribution in [1.82, 2.24) is 9.97 Å². The predicted octanol–water partition coefficient (Wildman–Crippen LogP) is 3.14. The number of halogens is 1. The molecule has 0 fully saturated rings. The number of hydrogen-bond donors (Lipinski definition) is 1. The largest absolute Gasteiger partial charge is 0.374 e. The van der Waals surface area contributed by atoms with Crippen LogP contribution in [0, 0.1) is 0 Å². The summed E-state index contributed by atoms with van der Waals surface area (Å²) in [5.41, 5.74) is 4.28. The van der Waals surface area contributed by atoms with E-state index >= 15 is 0 Å². The molecule has 3 rings (SSSR count). The molecule has 4 nitrogen and oxygen atoms in total. The summed E-state index contributed by atoms with van der Waals surface area (Å²) in [4.78, 5) is 21.8. The Hall–Kier alpha value is -1.62. The van der Waals surface area contributed by atoms with Gasteiger partial charge in [0.05, 0.1) is 5.69 Å². The lowest BCUT2D eigenvalue weighted by molar-refractivity contribution is 0.861. The van der Waals surface area contributed by atoms with Crippen LogP contribution in [0.3, 0.4) is 0 Å². The number of aromatic amines is 1. The average Bonchev–Trinajstić information content (AvgIpc) is 2.85. The molecule has 110 valence electrons. The summed E-state index contributed by atoms with van der Waals surface area (Å²) >= 11 is 3.33. The molecule has 1 aromatic carbocycles. The number of rotatable bonds is 3. The molecule has 0 atom stereocenters. The second-order valence-electron chi connectivity index (χ2n) is 5.44. The Morgan fingerprint density at radius 3 is 3.00 bits per heavy atom. The molecular formula is C16H18BrN3O. The molecule has 0 radical (unpaired) electrons. The number of anilines is 1. The van der Waals surface area contributed by atoms with Crippen LogP contribution in [0.4, 0.5) is 5.69 Å². The molecule has 0 aliphatic carbocycles. The van der Waals surface area contributed by atoms with E-state index in [1.807, 2.05) is 6.07 Å². The molecule has 2 heterocycles. The Bertz CT molecular complexity index is 739. The molecule has 0 bridgehead atoms. The molecule has 0 spiro atoms. The van der Waals surface area contributed by atoms with Crippen molar-refractivity contribution in [3.63, 3.8) is 0 Å². The molecule has 1 aromatic heterocycles. The van der Waals surface area contributed by atoms with Crippen molar-refractivity contribution in [2.45, 2.75) is 26.2 Å². The van der Waals surface area contributed by atoms with Crippen LogP contribution in [0.15, 0.2) is 27.5 Å². The number of aromatic nitrogens is 2. The first-order valence-corrected chi connectivity index (χ1v) is 8.02. The first-order chi connectivity index (χ1) is 10.1. The van der Waals surface area contributed by atoms with Crippen LogP contribution in [-0.2, 0) is 12.8 Å². The first-order valence-electron chi connectivity index (χ1n) is 7.23. The minimum absolute atomic E-state index is 0.110. The fraction of sp³-hybridized carbons (Fsp3) is 0.375. The molecule has 2 aromatic rings. The van der Waals surface area contributed by atoms with Gasteiger partial charge in [-0.3, -0.25) is 4.79 Å². The highest BCUT2D eigenvalue weighted by atomic mass is 79.9. The predicted molar refractivity (Wildman–Crippen MR) is 89.0 cm³/mol. The molecule has 0 amide bonds. The number of aryl methyl sites for hydroxylation is 1. The van der Waals surface area contributed by atoms with Crippen LogP contribution in [0.2, 0.25) is 0 Å². The van der Waals surface area contributed by atoms with Gasteiger partial charge in [0, 0.05) is 24.8 Å². The van der Waals surface area contributed by atoms with E-state index < -0.39 is 0 Å². The number of fused-ring (bicyclic) bond motifs is 1. The molecule has 1 aliphatic rings. The van der Waals surface area contributed by atoms with Crippen LogP contribution in [-0.4, -0.2) is 23.6 Å².